The van der Waals surface area contributed by atoms with E-state index in [-0.39, 0.29) is 12.1 Å². The molecule has 1 aromatic heterocycles. The molecule has 90 valence electrons. The topological polar surface area (TPSA) is 54.4 Å². The van der Waals surface area contributed by atoms with E-state index in [1.165, 1.54) is 0 Å². The standard InChI is InChI=1S/C11H17BrN2O2/c1-11(2,14-6-7-15)8-16-10-9(12)4-3-5-13-10/h3-5,14-15H,6-8H2,1-2H3. The van der Waals surface area contributed by atoms with Crippen LogP contribution in [0.15, 0.2) is 22.8 Å². The summed E-state index contributed by atoms with van der Waals surface area (Å²) >= 11 is 3.37. The fraction of sp³-hybridized carbons (Fsp3) is 0.545. The molecule has 0 aliphatic carbocycles. The number of rotatable bonds is 6. The van der Waals surface area contributed by atoms with Crippen molar-refractivity contribution in [1.82, 2.24) is 10.3 Å². The van der Waals surface area contributed by atoms with Gasteiger partial charge >= 0.3 is 0 Å². The molecule has 1 heterocycles. The number of aromatic nitrogens is 1. The lowest BCUT2D eigenvalue weighted by Gasteiger charge is -2.25. The van der Waals surface area contributed by atoms with E-state index in [0.29, 0.717) is 19.0 Å². The number of pyridine rings is 1. The van der Waals surface area contributed by atoms with Crippen molar-refractivity contribution >= 4 is 15.9 Å². The van der Waals surface area contributed by atoms with E-state index >= 15 is 0 Å². The first-order chi connectivity index (χ1) is 7.55. The molecule has 0 radical (unpaired) electrons. The minimum Gasteiger partial charge on any atom is -0.475 e. The van der Waals surface area contributed by atoms with Crippen molar-refractivity contribution in [2.45, 2.75) is 19.4 Å². The van der Waals surface area contributed by atoms with E-state index in [1.54, 1.807) is 6.20 Å². The molecule has 0 aromatic carbocycles. The van der Waals surface area contributed by atoms with Crippen LogP contribution in [0.4, 0.5) is 0 Å². The molecule has 0 fully saturated rings. The van der Waals surface area contributed by atoms with Gasteiger partial charge < -0.3 is 15.2 Å². The van der Waals surface area contributed by atoms with E-state index in [9.17, 15) is 0 Å². The van der Waals surface area contributed by atoms with Gasteiger partial charge in [-0.1, -0.05) is 0 Å². The Bertz CT molecular complexity index is 332. The Morgan fingerprint density at radius 1 is 1.56 bits per heavy atom. The van der Waals surface area contributed by atoms with Crippen LogP contribution in [-0.2, 0) is 0 Å². The normalized spacial score (nSPS) is 11.5. The maximum Gasteiger partial charge on any atom is 0.227 e. The largest absolute Gasteiger partial charge is 0.475 e. The predicted octanol–water partition coefficient (Wildman–Crippen LogP) is 1.58. The summed E-state index contributed by atoms with van der Waals surface area (Å²) in [5.74, 6) is 0.585. The molecule has 16 heavy (non-hydrogen) atoms. The summed E-state index contributed by atoms with van der Waals surface area (Å²) in [6.07, 6.45) is 1.69. The van der Waals surface area contributed by atoms with Gasteiger partial charge in [0.25, 0.3) is 0 Å². The average molecular weight is 289 g/mol. The Hall–Kier alpha value is -0.650. The van der Waals surface area contributed by atoms with Gasteiger partial charge in [0.05, 0.1) is 11.1 Å². The van der Waals surface area contributed by atoms with Crippen molar-refractivity contribution < 1.29 is 9.84 Å². The highest BCUT2D eigenvalue weighted by molar-refractivity contribution is 9.10. The van der Waals surface area contributed by atoms with Crippen LogP contribution in [0.1, 0.15) is 13.8 Å². The lowest BCUT2D eigenvalue weighted by atomic mass is 10.1. The predicted molar refractivity (Wildman–Crippen MR) is 66.6 cm³/mol. The second kappa shape index (κ2) is 6.18. The smallest absolute Gasteiger partial charge is 0.227 e. The summed E-state index contributed by atoms with van der Waals surface area (Å²) in [5, 5.41) is 11.9. The highest BCUT2D eigenvalue weighted by Gasteiger charge is 2.18. The Balaban J connectivity index is 2.47. The van der Waals surface area contributed by atoms with Crippen molar-refractivity contribution in [3.8, 4) is 5.88 Å². The number of aliphatic hydroxyl groups excluding tert-OH is 1. The van der Waals surface area contributed by atoms with Gasteiger partial charge in [0.1, 0.15) is 6.61 Å². The van der Waals surface area contributed by atoms with Crippen LogP contribution < -0.4 is 10.1 Å². The first-order valence-electron chi connectivity index (χ1n) is 5.14. The molecule has 0 saturated carbocycles. The highest BCUT2D eigenvalue weighted by atomic mass is 79.9. The number of halogens is 1. The van der Waals surface area contributed by atoms with Crippen molar-refractivity contribution in [2.24, 2.45) is 0 Å². The minimum absolute atomic E-state index is 0.122. The zero-order valence-electron chi connectivity index (χ0n) is 9.53. The maximum atomic E-state index is 8.74. The van der Waals surface area contributed by atoms with Gasteiger partial charge in [0, 0.05) is 18.3 Å². The third-order valence-electron chi connectivity index (χ3n) is 2.01. The third kappa shape index (κ3) is 4.47. The van der Waals surface area contributed by atoms with Crippen LogP contribution in [0.3, 0.4) is 0 Å². The zero-order valence-corrected chi connectivity index (χ0v) is 11.1. The Morgan fingerprint density at radius 2 is 2.31 bits per heavy atom. The summed E-state index contributed by atoms with van der Waals surface area (Å²) in [6, 6.07) is 3.72. The average Bonchev–Trinajstić information content (AvgIpc) is 2.26. The number of nitrogens with zero attached hydrogens (tertiary/aromatic N) is 1. The summed E-state index contributed by atoms with van der Waals surface area (Å²) in [5.41, 5.74) is -0.195. The van der Waals surface area contributed by atoms with E-state index < -0.39 is 0 Å². The van der Waals surface area contributed by atoms with Crippen LogP contribution >= 0.6 is 15.9 Å². The van der Waals surface area contributed by atoms with Crippen LogP contribution in [0.2, 0.25) is 0 Å². The number of nitrogens with one attached hydrogen (secondary N) is 1. The molecular weight excluding hydrogens is 272 g/mol. The van der Waals surface area contributed by atoms with E-state index in [2.05, 4.69) is 26.2 Å². The van der Waals surface area contributed by atoms with Gasteiger partial charge in [-0.05, 0) is 41.9 Å². The molecule has 1 rings (SSSR count). The van der Waals surface area contributed by atoms with Gasteiger partial charge in [-0.3, -0.25) is 0 Å². The molecule has 0 aliphatic rings. The quantitative estimate of drug-likeness (QED) is 0.835. The Morgan fingerprint density at radius 3 is 2.94 bits per heavy atom. The van der Waals surface area contributed by atoms with Crippen molar-refractivity contribution in [1.29, 1.82) is 0 Å². The summed E-state index contributed by atoms with van der Waals surface area (Å²) in [4.78, 5) is 4.12. The molecule has 0 unspecified atom stereocenters. The molecule has 0 aliphatic heterocycles. The molecule has 2 N–H and O–H groups in total. The first kappa shape index (κ1) is 13.4. The monoisotopic (exact) mass is 288 g/mol. The van der Waals surface area contributed by atoms with Crippen LogP contribution in [0, 0.1) is 0 Å². The third-order valence-corrected chi connectivity index (χ3v) is 2.61. The number of aliphatic hydroxyl groups is 1. The Kier molecular flexibility index (Phi) is 5.18. The van der Waals surface area contributed by atoms with Gasteiger partial charge in [0.15, 0.2) is 0 Å². The molecular formula is C11H17BrN2O2. The Labute approximate surface area is 104 Å². The molecule has 0 bridgehead atoms. The lowest BCUT2D eigenvalue weighted by molar-refractivity contribution is 0.187. The molecule has 4 nitrogen and oxygen atoms in total. The number of β-amino-alcohol motifs (C(OH)–C–C–N with tert-alkyl or cyclic N) is 1. The zero-order chi connectivity index (χ0) is 12.0. The van der Waals surface area contributed by atoms with Crippen LogP contribution in [-0.4, -0.2) is 35.4 Å². The summed E-state index contributed by atoms with van der Waals surface area (Å²) in [7, 11) is 0. The molecule has 0 amide bonds. The van der Waals surface area contributed by atoms with E-state index in [4.69, 9.17) is 9.84 Å². The second-order valence-electron chi connectivity index (χ2n) is 4.11. The van der Waals surface area contributed by atoms with Crippen molar-refractivity contribution in [3.63, 3.8) is 0 Å². The minimum atomic E-state index is -0.195. The summed E-state index contributed by atoms with van der Waals surface area (Å²) < 4.78 is 6.44. The fourth-order valence-corrected chi connectivity index (χ4v) is 1.54. The fourth-order valence-electron chi connectivity index (χ4n) is 1.17. The SMILES string of the molecule is CC(C)(COc1ncccc1Br)NCCO. The van der Waals surface area contributed by atoms with Crippen LogP contribution in [0.5, 0.6) is 5.88 Å². The van der Waals surface area contributed by atoms with Gasteiger partial charge in [-0.2, -0.15) is 0 Å². The summed E-state index contributed by atoms with van der Waals surface area (Å²) in [6.45, 7) is 5.19. The molecule has 0 spiro atoms. The van der Waals surface area contributed by atoms with Gasteiger partial charge in [0.2, 0.25) is 5.88 Å². The van der Waals surface area contributed by atoms with E-state index in [0.717, 1.165) is 4.47 Å². The molecule has 0 atom stereocenters. The molecule has 0 saturated heterocycles. The first-order valence-corrected chi connectivity index (χ1v) is 5.94. The van der Waals surface area contributed by atoms with Gasteiger partial charge in [-0.25, -0.2) is 4.98 Å². The number of hydrogen-bond donors (Lipinski definition) is 2. The van der Waals surface area contributed by atoms with E-state index in [1.807, 2.05) is 26.0 Å². The second-order valence-corrected chi connectivity index (χ2v) is 4.97. The number of ether oxygens (including phenoxy) is 1. The van der Waals surface area contributed by atoms with Crippen molar-refractivity contribution in [3.05, 3.63) is 22.8 Å². The molecule has 1 aromatic rings. The van der Waals surface area contributed by atoms with Gasteiger partial charge in [-0.15, -0.1) is 0 Å². The lowest BCUT2D eigenvalue weighted by Crippen LogP contribution is -2.45. The molecule has 5 heteroatoms. The van der Waals surface area contributed by atoms with Crippen LogP contribution in [0.25, 0.3) is 0 Å². The van der Waals surface area contributed by atoms with Crippen molar-refractivity contribution in [2.75, 3.05) is 19.8 Å². The highest BCUT2D eigenvalue weighted by Crippen LogP contribution is 2.21. The number of hydrogen-bond acceptors (Lipinski definition) is 4. The maximum absolute atomic E-state index is 8.74.